The van der Waals surface area contributed by atoms with Gasteiger partial charge in [0.2, 0.25) is 0 Å². The first kappa shape index (κ1) is 14.4. The highest BCUT2D eigenvalue weighted by atomic mass is 16.5. The predicted molar refractivity (Wildman–Crippen MR) is 65.8 cm³/mol. The minimum Gasteiger partial charge on any atom is -0.467 e. The van der Waals surface area contributed by atoms with Gasteiger partial charge in [0.15, 0.2) is 0 Å². The molecule has 17 heavy (non-hydrogen) atoms. The summed E-state index contributed by atoms with van der Waals surface area (Å²) >= 11 is 0. The lowest BCUT2D eigenvalue weighted by molar-refractivity contribution is -0.129. The number of hydrogen-bond acceptors (Lipinski definition) is 5. The Hall–Kier alpha value is -0.650. The first-order valence-corrected chi connectivity index (χ1v) is 6.34. The summed E-state index contributed by atoms with van der Waals surface area (Å²) in [4.78, 5) is 12.4. The monoisotopic (exact) mass is 244 g/mol. The second-order valence-electron chi connectivity index (χ2n) is 4.88. The van der Waals surface area contributed by atoms with Crippen LogP contribution in [0.5, 0.6) is 0 Å². The van der Waals surface area contributed by atoms with Crippen LogP contribution in [0.1, 0.15) is 26.7 Å². The first-order valence-electron chi connectivity index (χ1n) is 6.34. The molecule has 0 bridgehead atoms. The maximum Gasteiger partial charge on any atom is 0.293 e. The lowest BCUT2D eigenvalue weighted by Crippen LogP contribution is -2.37. The summed E-state index contributed by atoms with van der Waals surface area (Å²) in [6, 6.07) is 0.856. The maximum absolute atomic E-state index is 10.1. The van der Waals surface area contributed by atoms with Crippen LogP contribution in [0.25, 0.3) is 0 Å². The van der Waals surface area contributed by atoms with Crippen molar-refractivity contribution >= 4 is 6.47 Å². The summed E-state index contributed by atoms with van der Waals surface area (Å²) in [5, 5.41) is 12.7. The van der Waals surface area contributed by atoms with Crippen LogP contribution in [-0.2, 0) is 9.53 Å². The maximum atomic E-state index is 10.1. The molecule has 1 saturated heterocycles. The molecule has 1 aliphatic rings. The molecule has 0 amide bonds. The quantitative estimate of drug-likeness (QED) is 0.464. The Morgan fingerprint density at radius 3 is 2.82 bits per heavy atom. The minimum absolute atomic E-state index is 0.189. The normalized spacial score (nSPS) is 24.5. The molecular weight excluding hydrogens is 220 g/mol. The highest BCUT2D eigenvalue weighted by Crippen LogP contribution is 2.11. The van der Waals surface area contributed by atoms with Gasteiger partial charge in [-0.25, -0.2) is 0 Å². The Bertz CT molecular complexity index is 224. The Morgan fingerprint density at radius 1 is 1.53 bits per heavy atom. The Morgan fingerprint density at radius 2 is 2.29 bits per heavy atom. The minimum atomic E-state index is -0.189. The van der Waals surface area contributed by atoms with Gasteiger partial charge in [-0.3, -0.25) is 9.69 Å². The SMILES string of the molecule is CC(C)N(CCOC=O)CCC1CC(O)CN1. The molecule has 0 aromatic heterocycles. The zero-order valence-electron chi connectivity index (χ0n) is 10.8. The fourth-order valence-corrected chi connectivity index (χ4v) is 2.19. The predicted octanol–water partition coefficient (Wildman–Crippen LogP) is -0.0173. The number of carbonyl (C=O) groups excluding carboxylic acids is 1. The molecule has 2 N–H and O–H groups in total. The van der Waals surface area contributed by atoms with Crippen molar-refractivity contribution in [2.24, 2.45) is 0 Å². The molecule has 0 aliphatic carbocycles. The molecule has 2 atom stereocenters. The highest BCUT2D eigenvalue weighted by Gasteiger charge is 2.22. The van der Waals surface area contributed by atoms with Crippen LogP contribution < -0.4 is 5.32 Å². The van der Waals surface area contributed by atoms with E-state index in [0.29, 0.717) is 31.7 Å². The molecule has 0 aromatic carbocycles. The van der Waals surface area contributed by atoms with Gasteiger partial charge in [0.1, 0.15) is 6.61 Å². The molecule has 0 radical (unpaired) electrons. The van der Waals surface area contributed by atoms with E-state index in [-0.39, 0.29) is 6.10 Å². The van der Waals surface area contributed by atoms with E-state index in [1.165, 1.54) is 0 Å². The largest absolute Gasteiger partial charge is 0.467 e. The van der Waals surface area contributed by atoms with Crippen LogP contribution in [0.2, 0.25) is 0 Å². The Kier molecular flexibility index (Phi) is 6.47. The lowest BCUT2D eigenvalue weighted by Gasteiger charge is -2.27. The number of rotatable bonds is 8. The van der Waals surface area contributed by atoms with Crippen LogP contribution >= 0.6 is 0 Å². The van der Waals surface area contributed by atoms with Crippen molar-refractivity contribution in [1.29, 1.82) is 0 Å². The number of aliphatic hydroxyl groups excluding tert-OH is 1. The van der Waals surface area contributed by atoms with E-state index >= 15 is 0 Å². The van der Waals surface area contributed by atoms with Crippen molar-refractivity contribution in [3.8, 4) is 0 Å². The average molecular weight is 244 g/mol. The summed E-state index contributed by atoms with van der Waals surface area (Å²) in [7, 11) is 0. The van der Waals surface area contributed by atoms with Crippen LogP contribution in [-0.4, -0.2) is 60.9 Å². The van der Waals surface area contributed by atoms with Crippen LogP contribution in [0, 0.1) is 0 Å². The second-order valence-corrected chi connectivity index (χ2v) is 4.88. The lowest BCUT2D eigenvalue weighted by atomic mass is 10.1. The van der Waals surface area contributed by atoms with Crippen LogP contribution in [0.3, 0.4) is 0 Å². The van der Waals surface area contributed by atoms with Gasteiger partial charge in [-0.2, -0.15) is 0 Å². The number of aliphatic hydroxyl groups is 1. The van der Waals surface area contributed by atoms with E-state index in [0.717, 1.165) is 25.9 Å². The fourth-order valence-electron chi connectivity index (χ4n) is 2.19. The summed E-state index contributed by atoms with van der Waals surface area (Å²) < 4.78 is 4.73. The number of carbonyl (C=O) groups is 1. The number of hydrogen-bond donors (Lipinski definition) is 2. The number of β-amino-alcohol motifs (C(OH)–C–C–N with tert-alkyl or cyclic N) is 1. The molecule has 1 aliphatic heterocycles. The molecule has 0 saturated carbocycles. The van der Waals surface area contributed by atoms with E-state index < -0.39 is 0 Å². The smallest absolute Gasteiger partial charge is 0.293 e. The molecule has 1 rings (SSSR count). The van der Waals surface area contributed by atoms with Crippen molar-refractivity contribution in [1.82, 2.24) is 10.2 Å². The molecule has 1 heterocycles. The number of nitrogens with one attached hydrogen (secondary N) is 1. The summed E-state index contributed by atoms with van der Waals surface area (Å²) in [6.07, 6.45) is 1.68. The third-order valence-corrected chi connectivity index (χ3v) is 3.26. The number of nitrogens with zero attached hydrogens (tertiary/aromatic N) is 1. The topological polar surface area (TPSA) is 61.8 Å². The zero-order valence-corrected chi connectivity index (χ0v) is 10.8. The van der Waals surface area contributed by atoms with Crippen molar-refractivity contribution < 1.29 is 14.6 Å². The highest BCUT2D eigenvalue weighted by molar-refractivity contribution is 5.36. The zero-order chi connectivity index (χ0) is 12.7. The van der Waals surface area contributed by atoms with Crippen molar-refractivity contribution in [3.05, 3.63) is 0 Å². The molecule has 5 heteroatoms. The van der Waals surface area contributed by atoms with E-state index in [9.17, 15) is 9.90 Å². The first-order chi connectivity index (χ1) is 8.13. The molecule has 0 aromatic rings. The summed E-state index contributed by atoms with van der Waals surface area (Å²) in [5.41, 5.74) is 0. The van der Waals surface area contributed by atoms with Gasteiger partial charge in [0, 0.05) is 31.7 Å². The molecule has 1 fully saturated rings. The molecule has 100 valence electrons. The van der Waals surface area contributed by atoms with Gasteiger partial charge in [-0.1, -0.05) is 0 Å². The summed E-state index contributed by atoms with van der Waals surface area (Å²) in [6.45, 7) is 7.65. The van der Waals surface area contributed by atoms with Gasteiger partial charge >= 0.3 is 0 Å². The van der Waals surface area contributed by atoms with Crippen molar-refractivity contribution in [2.75, 3.05) is 26.2 Å². The van der Waals surface area contributed by atoms with Crippen LogP contribution in [0.15, 0.2) is 0 Å². The third kappa shape index (κ3) is 5.48. The number of ether oxygens (including phenoxy) is 1. The van der Waals surface area contributed by atoms with Gasteiger partial charge in [-0.15, -0.1) is 0 Å². The van der Waals surface area contributed by atoms with Crippen LogP contribution in [0.4, 0.5) is 0 Å². The average Bonchev–Trinajstić information content (AvgIpc) is 2.69. The molecular formula is C12H24N2O3. The van der Waals surface area contributed by atoms with Gasteiger partial charge < -0.3 is 15.2 Å². The summed E-state index contributed by atoms with van der Waals surface area (Å²) in [5.74, 6) is 0. The van der Waals surface area contributed by atoms with Gasteiger partial charge in [0.05, 0.1) is 6.10 Å². The molecule has 2 unspecified atom stereocenters. The van der Waals surface area contributed by atoms with E-state index in [2.05, 4.69) is 24.1 Å². The standard InChI is InChI=1S/C12H24N2O3/c1-10(2)14(5-6-17-9-15)4-3-11-7-12(16)8-13-11/h9-13,16H,3-8H2,1-2H3. The Balaban J connectivity index is 2.21. The van der Waals surface area contributed by atoms with E-state index in [1.807, 2.05) is 0 Å². The Labute approximate surface area is 103 Å². The van der Waals surface area contributed by atoms with E-state index in [1.54, 1.807) is 0 Å². The molecule has 0 spiro atoms. The van der Waals surface area contributed by atoms with Gasteiger partial charge in [0.25, 0.3) is 6.47 Å². The van der Waals surface area contributed by atoms with Gasteiger partial charge in [-0.05, 0) is 26.7 Å². The van der Waals surface area contributed by atoms with Crippen molar-refractivity contribution in [3.63, 3.8) is 0 Å². The molecule has 5 nitrogen and oxygen atoms in total. The second kappa shape index (κ2) is 7.63. The van der Waals surface area contributed by atoms with Crippen molar-refractivity contribution in [2.45, 2.75) is 44.9 Å². The third-order valence-electron chi connectivity index (χ3n) is 3.26. The van der Waals surface area contributed by atoms with E-state index in [4.69, 9.17) is 4.74 Å². The fraction of sp³-hybridized carbons (Fsp3) is 0.917.